The number of aromatic nitrogens is 3. The van der Waals surface area contributed by atoms with E-state index in [0.29, 0.717) is 50.1 Å². The molecule has 3 aromatic rings. The monoisotopic (exact) mass is 624 g/mol. The number of rotatable bonds is 9. The van der Waals surface area contributed by atoms with E-state index < -0.39 is 11.8 Å². The maximum atomic E-state index is 14.5. The van der Waals surface area contributed by atoms with Crippen molar-refractivity contribution in [2.24, 2.45) is 16.8 Å². The molecule has 0 spiro atoms. The first-order chi connectivity index (χ1) is 20.0. The Morgan fingerprint density at radius 3 is 2.67 bits per heavy atom. The minimum absolute atomic E-state index is 0.0901. The van der Waals surface area contributed by atoms with Crippen molar-refractivity contribution >= 4 is 70.1 Å². The van der Waals surface area contributed by atoms with Gasteiger partial charge in [-0.1, -0.05) is 45.6 Å². The third kappa shape index (κ3) is 5.96. The van der Waals surface area contributed by atoms with E-state index in [9.17, 15) is 14.0 Å². The molecule has 0 bridgehead atoms. The van der Waals surface area contributed by atoms with Gasteiger partial charge in [0.25, 0.3) is 5.91 Å². The Morgan fingerprint density at radius 2 is 2.07 bits per heavy atom. The van der Waals surface area contributed by atoms with Crippen LogP contribution >= 0.6 is 30.1 Å². The third-order valence-electron chi connectivity index (χ3n) is 7.61. The largest absolute Gasteiger partial charge is 0.318 e. The molecule has 3 heterocycles. The number of carbonyl (C=O) groups is 2. The van der Waals surface area contributed by atoms with Crippen molar-refractivity contribution < 1.29 is 14.0 Å². The van der Waals surface area contributed by atoms with Crippen LogP contribution in [0.25, 0.3) is 5.70 Å². The van der Waals surface area contributed by atoms with Crippen LogP contribution in [-0.4, -0.2) is 38.8 Å². The smallest absolute Gasteiger partial charge is 0.274 e. The van der Waals surface area contributed by atoms with Gasteiger partial charge in [-0.05, 0) is 67.2 Å². The van der Waals surface area contributed by atoms with E-state index in [4.69, 9.17) is 11.6 Å². The second-order valence-electron chi connectivity index (χ2n) is 10.6. The molecule has 1 N–H and O–H groups in total. The lowest BCUT2D eigenvalue weighted by atomic mass is 10.0. The molecule has 8 nitrogen and oxygen atoms in total. The van der Waals surface area contributed by atoms with Gasteiger partial charge in [0.15, 0.2) is 0 Å². The van der Waals surface area contributed by atoms with Crippen LogP contribution in [0.15, 0.2) is 66.1 Å². The number of aliphatic imine (C=N–C) groups is 1. The molecule has 1 aliphatic heterocycles. The van der Waals surface area contributed by atoms with Gasteiger partial charge in [0.1, 0.15) is 17.4 Å². The van der Waals surface area contributed by atoms with Gasteiger partial charge in [0, 0.05) is 35.4 Å². The summed E-state index contributed by atoms with van der Waals surface area (Å²) in [4.78, 5) is 36.6. The van der Waals surface area contributed by atoms with E-state index in [-0.39, 0.29) is 23.6 Å². The maximum Gasteiger partial charge on any atom is 0.274 e. The lowest BCUT2D eigenvalue weighted by Crippen LogP contribution is -2.28. The number of allylic oxidation sites excluding steroid dienone is 1. The number of alkyl halides is 1. The minimum atomic E-state index is -1.35. The predicted molar refractivity (Wildman–Crippen MR) is 173 cm³/mol. The summed E-state index contributed by atoms with van der Waals surface area (Å²) in [6, 6.07) is 6.86. The second-order valence-corrected chi connectivity index (χ2v) is 12.2. The number of fused-ring (bicyclic) bond motifs is 1. The van der Waals surface area contributed by atoms with Crippen LogP contribution in [0.1, 0.15) is 55.8 Å². The summed E-state index contributed by atoms with van der Waals surface area (Å²) in [5.41, 5.74) is 3.17. The van der Waals surface area contributed by atoms with Gasteiger partial charge < -0.3 is 5.32 Å². The van der Waals surface area contributed by atoms with Crippen LogP contribution in [0.2, 0.25) is 5.02 Å². The Morgan fingerprint density at radius 1 is 1.31 bits per heavy atom. The molecule has 12 heteroatoms. The van der Waals surface area contributed by atoms with Crippen molar-refractivity contribution in [3.63, 3.8) is 0 Å². The highest BCUT2D eigenvalue weighted by Gasteiger charge is 2.52. The highest BCUT2D eigenvalue weighted by molar-refractivity contribution is 7.28. The zero-order valence-corrected chi connectivity index (χ0v) is 26.6. The fourth-order valence-corrected chi connectivity index (χ4v) is 5.94. The number of amides is 2. The number of piperidine rings is 1. The topological polar surface area (TPSA) is 92.5 Å². The Labute approximate surface area is 253 Å². The first-order valence-electron chi connectivity index (χ1n) is 13.5. The Hall–Kier alpha value is -3.25. The molecule has 6 unspecified atom stereocenters. The van der Waals surface area contributed by atoms with Gasteiger partial charge in [-0.2, -0.15) is 5.10 Å². The molecule has 1 saturated carbocycles. The average molecular weight is 625 g/mol. The molecule has 1 aromatic carbocycles. The summed E-state index contributed by atoms with van der Waals surface area (Å²) in [6.07, 6.45) is 7.72. The molecule has 218 valence electrons. The highest BCUT2D eigenvalue weighted by Crippen LogP contribution is 2.47. The van der Waals surface area contributed by atoms with Crippen LogP contribution in [-0.2, 0) is 9.59 Å². The quantitative estimate of drug-likeness (QED) is 0.238. The van der Waals surface area contributed by atoms with Crippen molar-refractivity contribution in [2.75, 3.05) is 16.8 Å². The summed E-state index contributed by atoms with van der Waals surface area (Å²) < 4.78 is 16.2. The molecule has 0 radical (unpaired) electrons. The summed E-state index contributed by atoms with van der Waals surface area (Å²) in [5.74, 6) is -0.342. The summed E-state index contributed by atoms with van der Waals surface area (Å²) in [6.45, 7) is 10.1. The molecule has 2 aliphatic rings. The maximum absolute atomic E-state index is 14.5. The number of carbonyl (C=O) groups excluding carboxylic acids is 2. The molecule has 6 atom stereocenters. The third-order valence-corrected chi connectivity index (χ3v) is 9.08. The number of nitrogens with zero attached hydrogens (tertiary/aromatic N) is 5. The lowest BCUT2D eigenvalue weighted by Gasteiger charge is -2.18. The highest BCUT2D eigenvalue weighted by atomic mass is 35.5. The van der Waals surface area contributed by atoms with E-state index in [1.165, 1.54) is 0 Å². The number of anilines is 2. The standard InChI is InChI=1S/C30H32ClFN6O2P2/c1-5-23(25-20(28(32)42)7-8-22(31)27(25)41)36-26(15(2)3)29(39)35-19-12-34-38(14-19)16(4)17-6-9-24(33-11-17)37-13-18-10-21(18)30(37)40/h5-9,11-12,14,16,18,21,28H,2,10,13,41-42H2,1,3-4H3,(H,35,39)/b23-5-,36-26?. The van der Waals surface area contributed by atoms with Crippen molar-refractivity contribution in [3.05, 3.63) is 82.8 Å². The fraction of sp³-hybridized carbons (Fsp3) is 0.300. The average Bonchev–Trinajstić information content (AvgIpc) is 3.46. The first kappa shape index (κ1) is 30.2. The zero-order chi connectivity index (χ0) is 30.3. The van der Waals surface area contributed by atoms with Crippen LogP contribution in [0, 0.1) is 11.8 Å². The number of benzene rings is 1. The van der Waals surface area contributed by atoms with Crippen molar-refractivity contribution in [3.8, 4) is 0 Å². The molecule has 1 aliphatic carbocycles. The molecule has 1 saturated heterocycles. The number of pyridine rings is 1. The van der Waals surface area contributed by atoms with Gasteiger partial charge in [-0.25, -0.2) is 14.4 Å². The van der Waals surface area contributed by atoms with Crippen LogP contribution in [0.5, 0.6) is 0 Å². The van der Waals surface area contributed by atoms with Crippen LogP contribution in [0.4, 0.5) is 15.9 Å². The molecular formula is C30H32ClFN6O2P2. The number of hydrogen-bond donors (Lipinski definition) is 1. The van der Waals surface area contributed by atoms with Gasteiger partial charge >= 0.3 is 0 Å². The SMILES string of the molecule is C=C(C)C(=N/C(=C\C)c1c(C(F)P)ccc(Cl)c1P)C(=O)Nc1cnn(C(C)c2ccc(N3CC4CC4C3=O)nc2)c1. The first-order valence-corrected chi connectivity index (χ1v) is 15.1. The molecule has 2 fully saturated rings. The van der Waals surface area contributed by atoms with E-state index in [1.807, 2.05) is 19.1 Å². The Kier molecular flexibility index (Phi) is 8.75. The van der Waals surface area contributed by atoms with Gasteiger partial charge in [0.05, 0.1) is 23.6 Å². The van der Waals surface area contributed by atoms with Gasteiger partial charge in [-0.15, -0.1) is 9.24 Å². The van der Waals surface area contributed by atoms with Crippen LogP contribution < -0.4 is 15.5 Å². The van der Waals surface area contributed by atoms with E-state index in [1.54, 1.807) is 60.2 Å². The van der Waals surface area contributed by atoms with Crippen molar-refractivity contribution in [2.45, 2.75) is 39.1 Å². The number of halogens is 2. The molecular weight excluding hydrogens is 593 g/mol. The van der Waals surface area contributed by atoms with Crippen molar-refractivity contribution in [1.29, 1.82) is 0 Å². The van der Waals surface area contributed by atoms with Crippen molar-refractivity contribution in [1.82, 2.24) is 14.8 Å². The normalized spacial score (nSPS) is 19.9. The Balaban J connectivity index is 1.32. The summed E-state index contributed by atoms with van der Waals surface area (Å²) in [5, 5.41) is 8.29. The summed E-state index contributed by atoms with van der Waals surface area (Å²) in [7, 11) is 4.66. The van der Waals surface area contributed by atoms with E-state index in [2.05, 4.69) is 45.5 Å². The molecule has 5 rings (SSSR count). The van der Waals surface area contributed by atoms with Gasteiger partial charge in [0.2, 0.25) is 5.91 Å². The number of nitrogens with one attached hydrogen (secondary N) is 1. The summed E-state index contributed by atoms with van der Waals surface area (Å²) >= 11 is 6.33. The van der Waals surface area contributed by atoms with Gasteiger partial charge in [-0.3, -0.25) is 19.2 Å². The lowest BCUT2D eigenvalue weighted by molar-refractivity contribution is -0.118. The van der Waals surface area contributed by atoms with Crippen LogP contribution in [0.3, 0.4) is 0 Å². The molecule has 2 amide bonds. The fourth-order valence-electron chi connectivity index (χ4n) is 5.10. The van der Waals surface area contributed by atoms with E-state index in [0.717, 1.165) is 18.5 Å². The zero-order valence-electron chi connectivity index (χ0n) is 23.5. The number of hydrogen-bond acceptors (Lipinski definition) is 5. The molecule has 2 aromatic heterocycles. The molecule has 42 heavy (non-hydrogen) atoms. The van der Waals surface area contributed by atoms with E-state index >= 15 is 0 Å². The Bertz CT molecular complexity index is 1630. The minimum Gasteiger partial charge on any atom is -0.318 e. The predicted octanol–water partition coefficient (Wildman–Crippen LogP) is 5.88. The second kappa shape index (κ2) is 12.2.